The summed E-state index contributed by atoms with van der Waals surface area (Å²) in [4.78, 5) is 51.6. The number of nitrogens with zero attached hydrogens (tertiary/aromatic N) is 3. The van der Waals surface area contributed by atoms with Crippen molar-refractivity contribution in [1.82, 2.24) is 14.9 Å². The summed E-state index contributed by atoms with van der Waals surface area (Å²) in [7, 11) is 2.05. The van der Waals surface area contributed by atoms with Gasteiger partial charge in [-0.1, -0.05) is 33.8 Å². The predicted octanol–water partition coefficient (Wildman–Crippen LogP) is 3.04. The third kappa shape index (κ3) is 4.27. The van der Waals surface area contributed by atoms with Gasteiger partial charge in [-0.25, -0.2) is 9.78 Å². The van der Waals surface area contributed by atoms with Crippen molar-refractivity contribution in [2.45, 2.75) is 72.0 Å². The Morgan fingerprint density at radius 3 is 2.54 bits per heavy atom. The first-order valence-electron chi connectivity index (χ1n) is 14.5. The summed E-state index contributed by atoms with van der Waals surface area (Å²) in [5, 5.41) is 11.7. The van der Waals surface area contributed by atoms with E-state index in [9.17, 15) is 19.5 Å². The van der Waals surface area contributed by atoms with Gasteiger partial charge < -0.3 is 19.6 Å². The van der Waals surface area contributed by atoms with E-state index in [2.05, 4.69) is 49.3 Å². The fourth-order valence-corrected chi connectivity index (χ4v) is 8.40. The summed E-state index contributed by atoms with van der Waals surface area (Å²) < 4.78 is 6.26. The van der Waals surface area contributed by atoms with E-state index in [1.54, 1.807) is 6.08 Å². The number of carbonyl (C=O) groups excluding carboxylic acids is 2. The number of aromatic nitrogens is 2. The molecule has 4 fully saturated rings. The number of likely N-dealkylation sites (N-methyl/N-ethyl adjacent to an activating group) is 1. The lowest BCUT2D eigenvalue weighted by Gasteiger charge is -2.61. The van der Waals surface area contributed by atoms with Crippen molar-refractivity contribution in [2.75, 3.05) is 38.1 Å². The summed E-state index contributed by atoms with van der Waals surface area (Å²) in [6.07, 6.45) is 4.93. The van der Waals surface area contributed by atoms with Crippen LogP contribution in [0.4, 0.5) is 5.95 Å². The number of anilines is 1. The zero-order chi connectivity index (χ0) is 28.3. The Morgan fingerprint density at radius 2 is 1.90 bits per heavy atom. The van der Waals surface area contributed by atoms with E-state index in [1.165, 1.54) is 6.20 Å². The van der Waals surface area contributed by atoms with E-state index in [1.807, 2.05) is 11.8 Å². The Morgan fingerprint density at radius 1 is 1.21 bits per heavy atom. The highest BCUT2D eigenvalue weighted by Gasteiger charge is 2.68. The number of hydrogen-bond donors (Lipinski definition) is 2. The average molecular weight is 541 g/mol. The summed E-state index contributed by atoms with van der Waals surface area (Å²) >= 11 is 0. The first-order valence-corrected chi connectivity index (χ1v) is 14.5. The molecule has 8 atom stereocenters. The quantitative estimate of drug-likeness (QED) is 0.442. The maximum Gasteiger partial charge on any atom is 0.345 e. The largest absolute Gasteiger partial charge is 0.458 e. The lowest BCUT2D eigenvalue weighted by molar-refractivity contribution is -0.192. The number of carbonyl (C=O) groups is 2. The number of hydrogen-bond acceptors (Lipinski definition) is 8. The molecule has 5 rings (SSSR count). The Balaban J connectivity index is 1.50. The van der Waals surface area contributed by atoms with Gasteiger partial charge in [-0.2, -0.15) is 0 Å². The molecule has 2 unspecified atom stereocenters. The van der Waals surface area contributed by atoms with Crippen molar-refractivity contribution in [1.29, 1.82) is 0 Å². The van der Waals surface area contributed by atoms with E-state index < -0.39 is 34.6 Å². The molecule has 3 saturated carbocycles. The minimum Gasteiger partial charge on any atom is -0.458 e. The Labute approximate surface area is 231 Å². The highest BCUT2D eigenvalue weighted by molar-refractivity contribution is 5.89. The van der Waals surface area contributed by atoms with Crippen LogP contribution in [-0.4, -0.2) is 77.2 Å². The van der Waals surface area contributed by atoms with Gasteiger partial charge in [-0.15, -0.1) is 6.58 Å². The Kier molecular flexibility index (Phi) is 7.07. The van der Waals surface area contributed by atoms with Crippen LogP contribution in [0.25, 0.3) is 0 Å². The van der Waals surface area contributed by atoms with E-state index in [-0.39, 0.29) is 34.5 Å². The van der Waals surface area contributed by atoms with Crippen molar-refractivity contribution < 1.29 is 19.4 Å². The fraction of sp³-hybridized carbons (Fsp3) is 0.733. The summed E-state index contributed by atoms with van der Waals surface area (Å²) in [6, 6.07) is 0. The van der Waals surface area contributed by atoms with Gasteiger partial charge in [-0.3, -0.25) is 14.6 Å². The molecule has 1 aromatic rings. The number of ketones is 1. The highest BCUT2D eigenvalue weighted by atomic mass is 16.5. The minimum atomic E-state index is -0.747. The number of Topliss-reactive ketones (excluding diaryl/α,β-unsaturated/α-hetero) is 1. The predicted molar refractivity (Wildman–Crippen MR) is 149 cm³/mol. The zero-order valence-corrected chi connectivity index (χ0v) is 24.0. The lowest BCUT2D eigenvalue weighted by Crippen LogP contribution is -2.63. The number of aromatic amines is 1. The molecule has 2 heterocycles. The van der Waals surface area contributed by atoms with Crippen molar-refractivity contribution in [2.24, 2.45) is 34.0 Å². The van der Waals surface area contributed by atoms with Gasteiger partial charge in [0.1, 0.15) is 17.5 Å². The van der Waals surface area contributed by atoms with Gasteiger partial charge in [0, 0.05) is 49.3 Å². The van der Waals surface area contributed by atoms with E-state index in [4.69, 9.17) is 4.74 Å². The van der Waals surface area contributed by atoms with Crippen LogP contribution in [0.15, 0.2) is 23.6 Å². The molecule has 214 valence electrons. The van der Waals surface area contributed by atoms with Crippen molar-refractivity contribution >= 4 is 17.7 Å². The number of ether oxygens (including phenoxy) is 1. The number of nitrogens with one attached hydrogen (secondary N) is 1. The second-order valence-corrected chi connectivity index (χ2v) is 13.2. The maximum absolute atomic E-state index is 13.6. The number of rotatable bonds is 4. The molecule has 1 aliphatic heterocycles. The SMILES string of the molecule is C=C[C@]1(C)C[C@@H](OC(=O)c2cnc(N3CCN(C)CC3)[nH]c2=O)[C@]2(C)C(C)CC[C@]3(CCC(=O)C32)[C@@H](C)[C@@H]1O. The van der Waals surface area contributed by atoms with Gasteiger partial charge in [0.25, 0.3) is 5.56 Å². The van der Waals surface area contributed by atoms with Crippen LogP contribution in [-0.2, 0) is 9.53 Å². The second kappa shape index (κ2) is 9.84. The number of esters is 1. The molecule has 1 saturated heterocycles. The van der Waals surface area contributed by atoms with Crippen molar-refractivity contribution in [3.63, 3.8) is 0 Å². The standard InChI is InChI=1S/C30H44N4O5/c1-7-28(4)16-22(29(5)18(2)8-10-30(19(3)24(28)36)11-9-21(35)23(29)30)39-26(38)20-17-31-27(32-25(20)37)34-14-12-33(6)13-15-34/h7,17-19,22-24,36H,1,8-16H2,2-6H3,(H,31,32,37)/t18?,19-,22+,23?,24-,28+,29-,30-/m0/s1. The summed E-state index contributed by atoms with van der Waals surface area (Å²) in [6.45, 7) is 15.5. The molecule has 1 aromatic heterocycles. The van der Waals surface area contributed by atoms with E-state index in [0.717, 1.165) is 45.4 Å². The molecule has 9 nitrogen and oxygen atoms in total. The van der Waals surface area contributed by atoms with Crippen LogP contribution >= 0.6 is 0 Å². The number of H-pyrrole nitrogens is 1. The van der Waals surface area contributed by atoms with Crippen LogP contribution in [0.3, 0.4) is 0 Å². The van der Waals surface area contributed by atoms with Crippen molar-refractivity contribution in [3.8, 4) is 0 Å². The highest BCUT2D eigenvalue weighted by Crippen LogP contribution is 2.68. The van der Waals surface area contributed by atoms with Gasteiger partial charge in [0.05, 0.1) is 12.3 Å². The Bertz CT molecular complexity index is 1210. The van der Waals surface area contributed by atoms with Crippen LogP contribution in [0, 0.1) is 34.0 Å². The smallest absolute Gasteiger partial charge is 0.345 e. The molecular weight excluding hydrogens is 496 g/mol. The fourth-order valence-electron chi connectivity index (χ4n) is 8.40. The zero-order valence-electron chi connectivity index (χ0n) is 24.0. The van der Waals surface area contributed by atoms with Gasteiger partial charge in [0.2, 0.25) is 5.95 Å². The van der Waals surface area contributed by atoms with Gasteiger partial charge in [0.15, 0.2) is 0 Å². The molecule has 2 bridgehead atoms. The molecule has 3 aliphatic carbocycles. The molecule has 4 aliphatic rings. The van der Waals surface area contributed by atoms with Crippen LogP contribution in [0.5, 0.6) is 0 Å². The third-order valence-corrected chi connectivity index (χ3v) is 11.4. The van der Waals surface area contributed by atoms with Crippen LogP contribution < -0.4 is 10.5 Å². The molecule has 0 amide bonds. The van der Waals surface area contributed by atoms with Gasteiger partial charge in [-0.05, 0) is 50.0 Å². The molecule has 9 heteroatoms. The number of aliphatic hydroxyl groups is 1. The normalized spacial score (nSPS) is 40.9. The third-order valence-electron chi connectivity index (χ3n) is 11.4. The monoisotopic (exact) mass is 540 g/mol. The molecular formula is C30H44N4O5. The molecule has 0 radical (unpaired) electrons. The molecule has 0 spiro atoms. The first-order chi connectivity index (χ1) is 18.4. The molecule has 0 aromatic carbocycles. The Hall–Kier alpha value is -2.52. The summed E-state index contributed by atoms with van der Waals surface area (Å²) in [5.41, 5.74) is -2.41. The summed E-state index contributed by atoms with van der Waals surface area (Å²) in [5.74, 6) is -0.411. The average Bonchev–Trinajstić information content (AvgIpc) is 3.27. The van der Waals surface area contributed by atoms with Crippen LogP contribution in [0.1, 0.15) is 70.2 Å². The van der Waals surface area contributed by atoms with Gasteiger partial charge >= 0.3 is 5.97 Å². The number of aliphatic hydroxyl groups excluding tert-OH is 1. The number of piperazine rings is 1. The van der Waals surface area contributed by atoms with E-state index in [0.29, 0.717) is 18.8 Å². The minimum absolute atomic E-state index is 0.102. The van der Waals surface area contributed by atoms with Crippen LogP contribution in [0.2, 0.25) is 0 Å². The topological polar surface area (TPSA) is 116 Å². The molecule has 2 N–H and O–H groups in total. The van der Waals surface area contributed by atoms with Crippen molar-refractivity contribution in [3.05, 3.63) is 34.8 Å². The van der Waals surface area contributed by atoms with E-state index >= 15 is 0 Å². The second-order valence-electron chi connectivity index (χ2n) is 13.2. The maximum atomic E-state index is 13.6. The molecule has 39 heavy (non-hydrogen) atoms. The lowest BCUT2D eigenvalue weighted by atomic mass is 9.44. The first kappa shape index (κ1) is 28.0.